The van der Waals surface area contributed by atoms with E-state index in [-0.39, 0.29) is 6.03 Å². The Morgan fingerprint density at radius 1 is 1.19 bits per heavy atom. The highest BCUT2D eigenvalue weighted by Gasteiger charge is 2.22. The van der Waals surface area contributed by atoms with Crippen LogP contribution in [0.15, 0.2) is 54.9 Å². The van der Waals surface area contributed by atoms with E-state index in [0.29, 0.717) is 13.1 Å². The number of fused-ring (bicyclic) bond motifs is 1. The number of carbonyl (C=O) groups excluding carboxylic acids is 1. The predicted octanol–water partition coefficient (Wildman–Crippen LogP) is 2.87. The van der Waals surface area contributed by atoms with Gasteiger partial charge in [0.2, 0.25) is 0 Å². The SMILES string of the molecule is COc1cccc2c1CCN(C(=O)Nc1ccc(-n3ccnn3)cc1)C2. The second-order valence-electron chi connectivity index (χ2n) is 6.09. The monoisotopic (exact) mass is 349 g/mol. The van der Waals surface area contributed by atoms with Crippen LogP contribution in [0.1, 0.15) is 11.1 Å². The largest absolute Gasteiger partial charge is 0.496 e. The van der Waals surface area contributed by atoms with E-state index in [4.69, 9.17) is 4.74 Å². The lowest BCUT2D eigenvalue weighted by Crippen LogP contribution is -2.39. The van der Waals surface area contributed by atoms with Gasteiger partial charge in [-0.15, -0.1) is 5.10 Å². The van der Waals surface area contributed by atoms with E-state index in [2.05, 4.69) is 15.6 Å². The van der Waals surface area contributed by atoms with Crippen LogP contribution in [0, 0.1) is 0 Å². The molecular weight excluding hydrogens is 330 g/mol. The lowest BCUT2D eigenvalue weighted by atomic mass is 9.99. The Bertz CT molecular complexity index is 906. The van der Waals surface area contributed by atoms with Crippen molar-refractivity contribution in [3.63, 3.8) is 0 Å². The molecule has 1 aliphatic heterocycles. The number of benzene rings is 2. The maximum Gasteiger partial charge on any atom is 0.322 e. The number of aromatic nitrogens is 3. The summed E-state index contributed by atoms with van der Waals surface area (Å²) in [6, 6.07) is 13.4. The van der Waals surface area contributed by atoms with Gasteiger partial charge in [0.05, 0.1) is 25.2 Å². The molecule has 1 aliphatic rings. The quantitative estimate of drug-likeness (QED) is 0.789. The highest BCUT2D eigenvalue weighted by atomic mass is 16.5. The third-order valence-electron chi connectivity index (χ3n) is 4.54. The molecule has 3 aromatic rings. The minimum atomic E-state index is -0.105. The van der Waals surface area contributed by atoms with Gasteiger partial charge in [0.15, 0.2) is 0 Å². The Morgan fingerprint density at radius 2 is 2.04 bits per heavy atom. The highest BCUT2D eigenvalue weighted by Crippen LogP contribution is 2.28. The van der Waals surface area contributed by atoms with Crippen LogP contribution in [0.4, 0.5) is 10.5 Å². The van der Waals surface area contributed by atoms with E-state index < -0.39 is 0 Å². The highest BCUT2D eigenvalue weighted by molar-refractivity contribution is 5.89. The third kappa shape index (κ3) is 3.11. The van der Waals surface area contributed by atoms with Gasteiger partial charge in [-0.1, -0.05) is 17.3 Å². The van der Waals surface area contributed by atoms with Crippen LogP contribution >= 0.6 is 0 Å². The number of rotatable bonds is 3. The molecule has 7 heteroatoms. The lowest BCUT2D eigenvalue weighted by molar-refractivity contribution is 0.206. The molecule has 26 heavy (non-hydrogen) atoms. The number of nitrogens with one attached hydrogen (secondary N) is 1. The summed E-state index contributed by atoms with van der Waals surface area (Å²) in [6.45, 7) is 1.24. The Labute approximate surface area is 151 Å². The van der Waals surface area contributed by atoms with E-state index in [0.717, 1.165) is 29.1 Å². The molecule has 0 saturated heterocycles. The maximum absolute atomic E-state index is 12.6. The number of hydrogen-bond acceptors (Lipinski definition) is 4. The molecule has 0 bridgehead atoms. The summed E-state index contributed by atoms with van der Waals surface area (Å²) in [5.74, 6) is 0.895. The van der Waals surface area contributed by atoms with Crippen LogP contribution in [0.2, 0.25) is 0 Å². The molecule has 1 aromatic heterocycles. The number of nitrogens with zero attached hydrogens (tertiary/aromatic N) is 4. The van der Waals surface area contributed by atoms with Crippen molar-refractivity contribution in [2.45, 2.75) is 13.0 Å². The zero-order valence-electron chi connectivity index (χ0n) is 14.4. The fourth-order valence-corrected chi connectivity index (χ4v) is 3.18. The van der Waals surface area contributed by atoms with Gasteiger partial charge in [-0.3, -0.25) is 0 Å². The van der Waals surface area contributed by atoms with Gasteiger partial charge in [0, 0.05) is 24.3 Å². The molecular formula is C19H19N5O2. The average molecular weight is 349 g/mol. The number of hydrogen-bond donors (Lipinski definition) is 1. The van der Waals surface area contributed by atoms with E-state index in [1.165, 1.54) is 5.56 Å². The Kier molecular flexibility index (Phi) is 4.27. The molecule has 0 spiro atoms. The van der Waals surface area contributed by atoms with E-state index >= 15 is 0 Å². The second-order valence-corrected chi connectivity index (χ2v) is 6.09. The molecule has 132 valence electrons. The van der Waals surface area contributed by atoms with Crippen molar-refractivity contribution >= 4 is 11.7 Å². The minimum Gasteiger partial charge on any atom is -0.496 e. The van der Waals surface area contributed by atoms with Crippen molar-refractivity contribution in [3.05, 3.63) is 66.0 Å². The van der Waals surface area contributed by atoms with Gasteiger partial charge in [-0.25, -0.2) is 9.48 Å². The number of ether oxygens (including phenoxy) is 1. The van der Waals surface area contributed by atoms with Crippen LogP contribution in [-0.4, -0.2) is 39.6 Å². The minimum absolute atomic E-state index is 0.105. The molecule has 0 radical (unpaired) electrons. The van der Waals surface area contributed by atoms with Crippen molar-refractivity contribution in [3.8, 4) is 11.4 Å². The molecule has 2 amide bonds. The van der Waals surface area contributed by atoms with Crippen molar-refractivity contribution in [2.24, 2.45) is 0 Å². The van der Waals surface area contributed by atoms with Gasteiger partial charge in [-0.05, 0) is 42.3 Å². The molecule has 7 nitrogen and oxygen atoms in total. The Hall–Kier alpha value is -3.35. The van der Waals surface area contributed by atoms with Crippen molar-refractivity contribution in [1.29, 1.82) is 0 Å². The molecule has 1 N–H and O–H groups in total. The molecule has 4 rings (SSSR count). The van der Waals surface area contributed by atoms with Gasteiger partial charge in [-0.2, -0.15) is 0 Å². The van der Waals surface area contributed by atoms with Crippen molar-refractivity contribution < 1.29 is 9.53 Å². The topological polar surface area (TPSA) is 72.3 Å². The average Bonchev–Trinajstić information content (AvgIpc) is 3.22. The number of amides is 2. The second kappa shape index (κ2) is 6.87. The first kappa shape index (κ1) is 16.1. The smallest absolute Gasteiger partial charge is 0.322 e. The summed E-state index contributed by atoms with van der Waals surface area (Å²) < 4.78 is 7.08. The number of anilines is 1. The zero-order chi connectivity index (χ0) is 17.9. The zero-order valence-corrected chi connectivity index (χ0v) is 14.4. The molecule has 0 atom stereocenters. The summed E-state index contributed by atoms with van der Waals surface area (Å²) >= 11 is 0. The fraction of sp³-hybridized carbons (Fsp3) is 0.211. The normalized spacial score (nSPS) is 13.2. The van der Waals surface area contributed by atoms with Crippen LogP contribution in [-0.2, 0) is 13.0 Å². The Morgan fingerprint density at radius 3 is 2.77 bits per heavy atom. The van der Waals surface area contributed by atoms with E-state index in [1.807, 2.05) is 47.4 Å². The number of methoxy groups -OCH3 is 1. The first-order valence-electron chi connectivity index (χ1n) is 8.42. The van der Waals surface area contributed by atoms with Crippen LogP contribution in [0.5, 0.6) is 5.75 Å². The molecule has 0 aliphatic carbocycles. The first-order chi connectivity index (χ1) is 12.7. The van der Waals surface area contributed by atoms with Crippen molar-refractivity contribution in [1.82, 2.24) is 19.9 Å². The van der Waals surface area contributed by atoms with Crippen LogP contribution < -0.4 is 10.1 Å². The molecule has 0 fully saturated rings. The van der Waals surface area contributed by atoms with Crippen LogP contribution in [0.25, 0.3) is 5.69 Å². The molecule has 0 saturated carbocycles. The standard InChI is InChI=1S/C19H19N5O2/c1-26-18-4-2-3-14-13-23(11-9-17(14)18)19(25)21-15-5-7-16(8-6-15)24-12-10-20-22-24/h2-8,10,12H,9,11,13H2,1H3,(H,21,25). The van der Waals surface area contributed by atoms with Gasteiger partial charge < -0.3 is 15.0 Å². The van der Waals surface area contributed by atoms with Gasteiger partial charge >= 0.3 is 6.03 Å². The summed E-state index contributed by atoms with van der Waals surface area (Å²) in [6.07, 6.45) is 4.18. The summed E-state index contributed by atoms with van der Waals surface area (Å²) in [4.78, 5) is 14.4. The van der Waals surface area contributed by atoms with Crippen molar-refractivity contribution in [2.75, 3.05) is 19.0 Å². The van der Waals surface area contributed by atoms with Gasteiger partial charge in [0.1, 0.15) is 5.75 Å². The van der Waals surface area contributed by atoms with E-state index in [9.17, 15) is 4.79 Å². The fourth-order valence-electron chi connectivity index (χ4n) is 3.18. The molecule has 2 heterocycles. The van der Waals surface area contributed by atoms with Gasteiger partial charge in [0.25, 0.3) is 0 Å². The predicted molar refractivity (Wildman–Crippen MR) is 97.5 cm³/mol. The summed E-state index contributed by atoms with van der Waals surface area (Å²) in [7, 11) is 1.68. The summed E-state index contributed by atoms with van der Waals surface area (Å²) in [5.41, 5.74) is 3.96. The third-order valence-corrected chi connectivity index (χ3v) is 4.54. The lowest BCUT2D eigenvalue weighted by Gasteiger charge is -2.29. The first-order valence-corrected chi connectivity index (χ1v) is 8.42. The van der Waals surface area contributed by atoms with E-state index in [1.54, 1.807) is 24.2 Å². The summed E-state index contributed by atoms with van der Waals surface area (Å²) in [5, 5.41) is 10.7. The Balaban J connectivity index is 1.44. The molecule has 0 unspecified atom stereocenters. The van der Waals surface area contributed by atoms with Crippen LogP contribution in [0.3, 0.4) is 0 Å². The number of carbonyl (C=O) groups is 1. The number of urea groups is 1. The molecule has 2 aromatic carbocycles. The maximum atomic E-state index is 12.6.